The third-order valence-corrected chi connectivity index (χ3v) is 4.86. The highest BCUT2D eigenvalue weighted by atomic mass is 127. The monoisotopic (exact) mass is 518 g/mol. The fourth-order valence-corrected chi connectivity index (χ4v) is 3.27. The number of hydrogen-bond donors (Lipinski definition) is 2. The van der Waals surface area contributed by atoms with Gasteiger partial charge in [0.1, 0.15) is 0 Å². The number of halogens is 1. The van der Waals surface area contributed by atoms with Crippen molar-refractivity contribution in [1.29, 1.82) is 0 Å². The third-order valence-electron chi connectivity index (χ3n) is 4.86. The first kappa shape index (κ1) is 26.0. The number of nitrogens with zero attached hydrogens (tertiary/aromatic N) is 2. The molecule has 2 N–H and O–H groups in total. The average Bonchev–Trinajstić information content (AvgIpc) is 3.21. The molecule has 29 heavy (non-hydrogen) atoms. The molecule has 1 aliphatic heterocycles. The molecule has 1 aromatic carbocycles. The molecule has 1 aliphatic rings. The quantitative estimate of drug-likeness (QED) is 0.192. The van der Waals surface area contributed by atoms with Gasteiger partial charge in [0, 0.05) is 57.5 Å². The van der Waals surface area contributed by atoms with Crippen molar-refractivity contribution < 1.29 is 9.47 Å². The Kier molecular flexibility index (Phi) is 14.1. The van der Waals surface area contributed by atoms with Crippen LogP contribution >= 0.6 is 24.0 Å². The van der Waals surface area contributed by atoms with Gasteiger partial charge in [-0.15, -0.1) is 24.0 Å². The highest BCUT2D eigenvalue weighted by molar-refractivity contribution is 14.0. The first-order valence-electron chi connectivity index (χ1n) is 10.7. The molecule has 1 fully saturated rings. The summed E-state index contributed by atoms with van der Waals surface area (Å²) in [5.74, 6) is 1.46. The summed E-state index contributed by atoms with van der Waals surface area (Å²) in [6, 6.07) is 8.67. The zero-order chi connectivity index (χ0) is 20.0. The van der Waals surface area contributed by atoms with Gasteiger partial charge >= 0.3 is 0 Å². The maximum absolute atomic E-state index is 5.75. The lowest BCUT2D eigenvalue weighted by Crippen LogP contribution is -2.41. The van der Waals surface area contributed by atoms with E-state index < -0.39 is 0 Å². The maximum Gasteiger partial charge on any atom is 0.191 e. The number of anilines is 1. The van der Waals surface area contributed by atoms with Crippen molar-refractivity contribution in [1.82, 2.24) is 10.6 Å². The van der Waals surface area contributed by atoms with Gasteiger partial charge in [0.15, 0.2) is 5.96 Å². The molecule has 7 heteroatoms. The SMILES string of the molecule is CCNC(=NCCCOCC1CCOC1)NCCN(CC)c1cccc(C)c1.I. The second-order valence-corrected chi connectivity index (χ2v) is 7.26. The standard InChI is InChI=1S/C22H38N4O2.HI/c1-4-23-22(24-11-7-14-27-17-20-10-15-28-18-20)25-12-13-26(5-2)21-9-6-8-19(3)16-21;/h6,8-9,16,20H,4-5,7,10-15,17-18H2,1-3H3,(H2,23,24,25);1H. The lowest BCUT2D eigenvalue weighted by atomic mass is 10.1. The number of ether oxygens (including phenoxy) is 2. The number of likely N-dealkylation sites (N-methyl/N-ethyl adjacent to an activating group) is 1. The molecule has 1 atom stereocenters. The number of rotatable bonds is 12. The minimum absolute atomic E-state index is 0. The predicted octanol–water partition coefficient (Wildman–Crippen LogP) is 3.44. The van der Waals surface area contributed by atoms with Crippen LogP contribution in [0.1, 0.15) is 32.3 Å². The molecule has 0 radical (unpaired) electrons. The molecule has 166 valence electrons. The summed E-state index contributed by atoms with van der Waals surface area (Å²) in [5.41, 5.74) is 2.57. The first-order chi connectivity index (χ1) is 13.7. The highest BCUT2D eigenvalue weighted by Gasteiger charge is 2.15. The maximum atomic E-state index is 5.75. The van der Waals surface area contributed by atoms with Crippen molar-refractivity contribution in [3.05, 3.63) is 29.8 Å². The molecule has 0 bridgehead atoms. The molecule has 0 aliphatic carbocycles. The minimum Gasteiger partial charge on any atom is -0.381 e. The van der Waals surface area contributed by atoms with E-state index in [9.17, 15) is 0 Å². The molecule has 6 nitrogen and oxygen atoms in total. The van der Waals surface area contributed by atoms with Crippen molar-refractivity contribution in [3.63, 3.8) is 0 Å². The topological polar surface area (TPSA) is 58.1 Å². The van der Waals surface area contributed by atoms with Gasteiger partial charge in [-0.05, 0) is 51.3 Å². The van der Waals surface area contributed by atoms with Crippen molar-refractivity contribution in [3.8, 4) is 0 Å². The highest BCUT2D eigenvalue weighted by Crippen LogP contribution is 2.15. The smallest absolute Gasteiger partial charge is 0.191 e. The van der Waals surface area contributed by atoms with Gasteiger partial charge in [-0.3, -0.25) is 4.99 Å². The average molecular weight is 518 g/mol. The van der Waals surface area contributed by atoms with Crippen LogP contribution in [0.4, 0.5) is 5.69 Å². The van der Waals surface area contributed by atoms with Crippen LogP contribution in [0.3, 0.4) is 0 Å². The Morgan fingerprint density at radius 2 is 2.17 bits per heavy atom. The number of nitrogens with one attached hydrogen (secondary N) is 2. The van der Waals surface area contributed by atoms with Crippen LogP contribution in [0.15, 0.2) is 29.3 Å². The molecular weight excluding hydrogens is 479 g/mol. The van der Waals surface area contributed by atoms with E-state index >= 15 is 0 Å². The summed E-state index contributed by atoms with van der Waals surface area (Å²) in [6.07, 6.45) is 2.07. The summed E-state index contributed by atoms with van der Waals surface area (Å²) in [7, 11) is 0. The van der Waals surface area contributed by atoms with Crippen LogP contribution in [0.5, 0.6) is 0 Å². The van der Waals surface area contributed by atoms with Crippen molar-refractivity contribution in [2.45, 2.75) is 33.6 Å². The molecule has 0 amide bonds. The fourth-order valence-electron chi connectivity index (χ4n) is 3.27. The summed E-state index contributed by atoms with van der Waals surface area (Å²) in [6.45, 7) is 14.1. The zero-order valence-corrected chi connectivity index (χ0v) is 20.6. The second kappa shape index (κ2) is 15.7. The van der Waals surface area contributed by atoms with Crippen LogP contribution < -0.4 is 15.5 Å². The van der Waals surface area contributed by atoms with Crippen LogP contribution in [0, 0.1) is 12.8 Å². The van der Waals surface area contributed by atoms with Gasteiger partial charge in [0.2, 0.25) is 0 Å². The molecule has 1 saturated heterocycles. The van der Waals surface area contributed by atoms with Gasteiger partial charge < -0.3 is 25.0 Å². The van der Waals surface area contributed by atoms with E-state index in [0.29, 0.717) is 5.92 Å². The molecule has 0 spiro atoms. The molecule has 2 rings (SSSR count). The molecule has 1 aromatic rings. The van der Waals surface area contributed by atoms with E-state index in [2.05, 4.69) is 65.6 Å². The number of aryl methyl sites for hydroxylation is 1. The van der Waals surface area contributed by atoms with E-state index in [1.54, 1.807) is 0 Å². The lowest BCUT2D eigenvalue weighted by Gasteiger charge is -2.24. The Labute approximate surface area is 193 Å². The Bertz CT molecular complexity index is 580. The van der Waals surface area contributed by atoms with Crippen molar-refractivity contribution >= 4 is 35.6 Å². The predicted molar refractivity (Wildman–Crippen MR) is 133 cm³/mol. The van der Waals surface area contributed by atoms with Crippen LogP contribution in [-0.4, -0.2) is 65.1 Å². The number of aliphatic imine (C=N–C) groups is 1. The summed E-state index contributed by atoms with van der Waals surface area (Å²) >= 11 is 0. The number of benzene rings is 1. The summed E-state index contributed by atoms with van der Waals surface area (Å²) < 4.78 is 11.1. The number of hydrogen-bond acceptors (Lipinski definition) is 4. The third kappa shape index (κ3) is 10.5. The van der Waals surface area contributed by atoms with Crippen LogP contribution in [-0.2, 0) is 9.47 Å². The summed E-state index contributed by atoms with van der Waals surface area (Å²) in [4.78, 5) is 7.04. The van der Waals surface area contributed by atoms with Crippen molar-refractivity contribution in [2.75, 3.05) is 64.1 Å². The lowest BCUT2D eigenvalue weighted by molar-refractivity contribution is 0.0893. The Hall–Kier alpha value is -1.06. The van der Waals surface area contributed by atoms with E-state index in [0.717, 1.165) is 78.0 Å². The van der Waals surface area contributed by atoms with Gasteiger partial charge in [-0.25, -0.2) is 0 Å². The molecule has 0 saturated carbocycles. The Balaban J connectivity index is 0.00000420. The fraction of sp³-hybridized carbons (Fsp3) is 0.682. The van der Waals surface area contributed by atoms with Crippen LogP contribution in [0.25, 0.3) is 0 Å². The van der Waals surface area contributed by atoms with Gasteiger partial charge in [0.25, 0.3) is 0 Å². The Morgan fingerprint density at radius 3 is 2.86 bits per heavy atom. The van der Waals surface area contributed by atoms with Gasteiger partial charge in [-0.2, -0.15) is 0 Å². The molecular formula is C22H39IN4O2. The van der Waals surface area contributed by atoms with E-state index in [1.807, 2.05) is 0 Å². The van der Waals surface area contributed by atoms with Gasteiger partial charge in [-0.1, -0.05) is 12.1 Å². The molecule has 1 unspecified atom stereocenters. The minimum atomic E-state index is 0. The van der Waals surface area contributed by atoms with Gasteiger partial charge in [0.05, 0.1) is 13.2 Å². The van der Waals surface area contributed by atoms with Crippen LogP contribution in [0.2, 0.25) is 0 Å². The summed E-state index contributed by atoms with van der Waals surface area (Å²) in [5, 5.41) is 6.77. The molecule has 1 heterocycles. The first-order valence-corrected chi connectivity index (χ1v) is 10.7. The van der Waals surface area contributed by atoms with Crippen molar-refractivity contribution in [2.24, 2.45) is 10.9 Å². The van der Waals surface area contributed by atoms with E-state index in [4.69, 9.17) is 9.47 Å². The normalized spacial score (nSPS) is 16.4. The largest absolute Gasteiger partial charge is 0.381 e. The number of guanidine groups is 1. The second-order valence-electron chi connectivity index (χ2n) is 7.26. The zero-order valence-electron chi connectivity index (χ0n) is 18.3. The Morgan fingerprint density at radius 1 is 1.31 bits per heavy atom. The van der Waals surface area contributed by atoms with E-state index in [-0.39, 0.29) is 24.0 Å². The molecule has 0 aromatic heterocycles. The van der Waals surface area contributed by atoms with E-state index in [1.165, 1.54) is 11.3 Å².